The molecule has 0 aliphatic carbocycles. The number of hydrogen-bond donors (Lipinski definition) is 1. The molecule has 2 heterocycles. The lowest BCUT2D eigenvalue weighted by Gasteiger charge is -2.21. The van der Waals surface area contributed by atoms with E-state index in [2.05, 4.69) is 10.3 Å². The van der Waals surface area contributed by atoms with Gasteiger partial charge in [-0.25, -0.2) is 4.98 Å². The number of aromatic nitrogens is 2. The summed E-state index contributed by atoms with van der Waals surface area (Å²) in [6.07, 6.45) is 2.09. The van der Waals surface area contributed by atoms with Gasteiger partial charge in [-0.05, 0) is 44.0 Å². The summed E-state index contributed by atoms with van der Waals surface area (Å²) in [6, 6.07) is 8.55. The van der Waals surface area contributed by atoms with E-state index in [1.807, 2.05) is 11.8 Å². The molecule has 1 N–H and O–H groups in total. The van der Waals surface area contributed by atoms with Crippen molar-refractivity contribution in [3.63, 3.8) is 0 Å². The minimum atomic E-state index is -0.284. The van der Waals surface area contributed by atoms with Crippen LogP contribution in [0.2, 0.25) is 0 Å². The lowest BCUT2D eigenvalue weighted by atomic mass is 10.3. The van der Waals surface area contributed by atoms with Gasteiger partial charge in [-0.2, -0.15) is 0 Å². The van der Waals surface area contributed by atoms with Crippen LogP contribution in [0.1, 0.15) is 25.5 Å². The van der Waals surface area contributed by atoms with Crippen molar-refractivity contribution >= 4 is 17.5 Å². The molecule has 28 heavy (non-hydrogen) atoms. The topological polar surface area (TPSA) is 85.7 Å². The third-order valence-corrected chi connectivity index (χ3v) is 4.47. The monoisotopic (exact) mass is 386 g/mol. The molecule has 1 fully saturated rings. The molecule has 1 aliphatic rings. The molecular formula is C20H26N4O4. The van der Waals surface area contributed by atoms with Crippen molar-refractivity contribution in [3.05, 3.63) is 46.4 Å². The molecule has 3 rings (SSSR count). The summed E-state index contributed by atoms with van der Waals surface area (Å²) in [4.78, 5) is 31.8. The summed E-state index contributed by atoms with van der Waals surface area (Å²) in [5, 5.41) is 2.82. The van der Waals surface area contributed by atoms with E-state index in [4.69, 9.17) is 9.47 Å². The fourth-order valence-corrected chi connectivity index (χ4v) is 3.21. The fourth-order valence-electron chi connectivity index (χ4n) is 3.21. The first-order chi connectivity index (χ1) is 13.6. The molecule has 0 unspecified atom stereocenters. The lowest BCUT2D eigenvalue weighted by molar-refractivity contribution is -0.116. The summed E-state index contributed by atoms with van der Waals surface area (Å²) in [5.74, 6) is 0.984. The van der Waals surface area contributed by atoms with Crippen LogP contribution in [-0.2, 0) is 22.7 Å². The van der Waals surface area contributed by atoms with Gasteiger partial charge in [0.2, 0.25) is 11.9 Å². The Labute approximate surface area is 164 Å². The predicted octanol–water partition coefficient (Wildman–Crippen LogP) is 2.03. The first-order valence-corrected chi connectivity index (χ1v) is 9.48. The Hall–Kier alpha value is -2.87. The third-order valence-electron chi connectivity index (χ3n) is 4.47. The SMILES string of the molecule is CCOc1ccc(NC(=O)Cn2c(N3CCCC3)nc(COC)cc2=O)cc1. The first-order valence-electron chi connectivity index (χ1n) is 9.48. The molecule has 0 radical (unpaired) electrons. The van der Waals surface area contributed by atoms with Crippen LogP contribution < -0.4 is 20.5 Å². The van der Waals surface area contributed by atoms with Crippen LogP contribution in [0, 0.1) is 0 Å². The summed E-state index contributed by atoms with van der Waals surface area (Å²) in [5.41, 5.74) is 0.955. The normalized spacial score (nSPS) is 13.6. The van der Waals surface area contributed by atoms with Crippen molar-refractivity contribution < 1.29 is 14.3 Å². The molecule has 1 saturated heterocycles. The number of carbonyl (C=O) groups excluding carboxylic acids is 1. The van der Waals surface area contributed by atoms with Crippen LogP contribution in [0.5, 0.6) is 5.75 Å². The third kappa shape index (κ3) is 4.89. The molecule has 1 aromatic heterocycles. The molecule has 1 aliphatic heterocycles. The molecule has 2 aromatic rings. The van der Waals surface area contributed by atoms with Crippen molar-refractivity contribution in [2.24, 2.45) is 0 Å². The minimum absolute atomic E-state index is 0.0991. The van der Waals surface area contributed by atoms with E-state index >= 15 is 0 Å². The number of rotatable bonds is 8. The molecule has 0 atom stereocenters. The number of benzene rings is 1. The zero-order chi connectivity index (χ0) is 19.9. The maximum Gasteiger partial charge on any atom is 0.255 e. The number of amides is 1. The van der Waals surface area contributed by atoms with E-state index in [0.717, 1.165) is 31.7 Å². The van der Waals surface area contributed by atoms with Crippen LogP contribution >= 0.6 is 0 Å². The molecule has 0 spiro atoms. The van der Waals surface area contributed by atoms with Crippen molar-refractivity contribution in [2.75, 3.05) is 37.0 Å². The average Bonchev–Trinajstić information content (AvgIpc) is 3.20. The Morgan fingerprint density at radius 3 is 2.57 bits per heavy atom. The summed E-state index contributed by atoms with van der Waals surface area (Å²) in [6.45, 7) is 4.30. The van der Waals surface area contributed by atoms with Gasteiger partial charge in [0, 0.05) is 32.0 Å². The Morgan fingerprint density at radius 2 is 1.93 bits per heavy atom. The Kier molecular flexibility index (Phi) is 6.65. The second-order valence-electron chi connectivity index (χ2n) is 6.60. The van der Waals surface area contributed by atoms with Crippen molar-refractivity contribution in [2.45, 2.75) is 32.9 Å². The second-order valence-corrected chi connectivity index (χ2v) is 6.60. The molecule has 150 valence electrons. The van der Waals surface area contributed by atoms with Gasteiger partial charge >= 0.3 is 0 Å². The number of hydrogen-bond acceptors (Lipinski definition) is 6. The van der Waals surface area contributed by atoms with Gasteiger partial charge in [-0.15, -0.1) is 0 Å². The molecule has 1 aromatic carbocycles. The maximum atomic E-state index is 12.6. The van der Waals surface area contributed by atoms with Crippen molar-refractivity contribution in [1.82, 2.24) is 9.55 Å². The first kappa shape index (κ1) is 19.9. The number of nitrogens with zero attached hydrogens (tertiary/aromatic N) is 3. The summed E-state index contributed by atoms with van der Waals surface area (Å²) < 4.78 is 11.9. The molecule has 1 amide bonds. The quantitative estimate of drug-likeness (QED) is 0.747. The number of nitrogens with one attached hydrogen (secondary N) is 1. The highest BCUT2D eigenvalue weighted by molar-refractivity contribution is 5.90. The Balaban J connectivity index is 1.78. The van der Waals surface area contributed by atoms with Crippen LogP contribution in [0.3, 0.4) is 0 Å². The number of anilines is 2. The van der Waals surface area contributed by atoms with E-state index < -0.39 is 0 Å². The number of methoxy groups -OCH3 is 1. The van der Waals surface area contributed by atoms with Gasteiger partial charge in [0.1, 0.15) is 12.3 Å². The largest absolute Gasteiger partial charge is 0.494 e. The molecule has 0 saturated carbocycles. The zero-order valence-electron chi connectivity index (χ0n) is 16.3. The van der Waals surface area contributed by atoms with Crippen LogP contribution in [0.15, 0.2) is 35.1 Å². The van der Waals surface area contributed by atoms with Gasteiger partial charge in [-0.1, -0.05) is 0 Å². The number of ether oxygens (including phenoxy) is 2. The van der Waals surface area contributed by atoms with Gasteiger partial charge < -0.3 is 19.7 Å². The highest BCUT2D eigenvalue weighted by Gasteiger charge is 2.20. The van der Waals surface area contributed by atoms with E-state index in [1.54, 1.807) is 31.4 Å². The summed E-state index contributed by atoms with van der Waals surface area (Å²) in [7, 11) is 1.56. The minimum Gasteiger partial charge on any atom is -0.494 e. The van der Waals surface area contributed by atoms with Crippen LogP contribution in [0.25, 0.3) is 0 Å². The maximum absolute atomic E-state index is 12.6. The van der Waals surface area contributed by atoms with Gasteiger partial charge in [0.25, 0.3) is 5.56 Å². The molecular weight excluding hydrogens is 360 g/mol. The Bertz CT molecular complexity index is 857. The molecule has 8 heteroatoms. The van der Waals surface area contributed by atoms with Gasteiger partial charge in [0.15, 0.2) is 0 Å². The van der Waals surface area contributed by atoms with Gasteiger partial charge in [-0.3, -0.25) is 14.2 Å². The predicted molar refractivity (Wildman–Crippen MR) is 107 cm³/mol. The van der Waals surface area contributed by atoms with Crippen molar-refractivity contribution in [1.29, 1.82) is 0 Å². The Morgan fingerprint density at radius 1 is 1.21 bits per heavy atom. The zero-order valence-corrected chi connectivity index (χ0v) is 16.3. The second kappa shape index (κ2) is 9.36. The van der Waals surface area contributed by atoms with E-state index in [1.165, 1.54) is 10.6 Å². The number of carbonyl (C=O) groups is 1. The highest BCUT2D eigenvalue weighted by Crippen LogP contribution is 2.18. The standard InChI is InChI=1S/C20H26N4O4/c1-3-28-17-8-6-15(7-9-17)21-18(25)13-24-19(26)12-16(14-27-2)22-20(24)23-10-4-5-11-23/h6-9,12H,3-5,10-11,13-14H2,1-2H3,(H,21,25). The van der Waals surface area contributed by atoms with E-state index in [9.17, 15) is 9.59 Å². The summed E-state index contributed by atoms with van der Waals surface area (Å²) >= 11 is 0. The van der Waals surface area contributed by atoms with E-state index in [0.29, 0.717) is 23.9 Å². The lowest BCUT2D eigenvalue weighted by Crippen LogP contribution is -2.34. The average molecular weight is 386 g/mol. The molecule has 8 nitrogen and oxygen atoms in total. The van der Waals surface area contributed by atoms with E-state index in [-0.39, 0.29) is 24.6 Å². The fraction of sp³-hybridized carbons (Fsp3) is 0.450. The highest BCUT2D eigenvalue weighted by atomic mass is 16.5. The van der Waals surface area contributed by atoms with Crippen LogP contribution in [0.4, 0.5) is 11.6 Å². The van der Waals surface area contributed by atoms with Crippen LogP contribution in [-0.4, -0.2) is 42.3 Å². The smallest absolute Gasteiger partial charge is 0.255 e. The molecule has 0 bridgehead atoms. The van der Waals surface area contributed by atoms with Crippen molar-refractivity contribution in [3.8, 4) is 5.75 Å². The van der Waals surface area contributed by atoms with Gasteiger partial charge in [0.05, 0.1) is 18.9 Å².